The van der Waals surface area contributed by atoms with Crippen molar-refractivity contribution in [2.75, 3.05) is 17.6 Å². The number of rotatable bonds is 7. The minimum Gasteiger partial charge on any atom is -0.375 e. The fourth-order valence-electron chi connectivity index (χ4n) is 4.34. The highest BCUT2D eigenvalue weighted by molar-refractivity contribution is 7.92. The third-order valence-corrected chi connectivity index (χ3v) is 6.38. The van der Waals surface area contributed by atoms with Crippen LogP contribution in [0.5, 0.6) is 0 Å². The van der Waals surface area contributed by atoms with Crippen LogP contribution in [0, 0.1) is 0 Å². The molecule has 0 bridgehead atoms. The summed E-state index contributed by atoms with van der Waals surface area (Å²) in [5.74, 6) is -0.249. The molecule has 1 aliphatic rings. The zero-order valence-corrected chi connectivity index (χ0v) is 20.0. The van der Waals surface area contributed by atoms with Gasteiger partial charge in [-0.05, 0) is 50.8 Å². The van der Waals surface area contributed by atoms with Crippen molar-refractivity contribution in [2.45, 2.75) is 51.3 Å². The van der Waals surface area contributed by atoms with Crippen molar-refractivity contribution in [3.8, 4) is 0 Å². The first-order valence-electron chi connectivity index (χ1n) is 11.1. The summed E-state index contributed by atoms with van der Waals surface area (Å²) in [5, 5.41) is 3.13. The van der Waals surface area contributed by atoms with Gasteiger partial charge in [-0.2, -0.15) is 0 Å². The van der Waals surface area contributed by atoms with Gasteiger partial charge in [0.25, 0.3) is 5.91 Å². The van der Waals surface area contributed by atoms with E-state index in [4.69, 9.17) is 4.74 Å². The Balaban J connectivity index is 1.67. The minimum absolute atomic E-state index is 0.0245. The maximum atomic E-state index is 13.4. The molecule has 4 rings (SSSR count). The number of amides is 1. The number of benzene rings is 2. The van der Waals surface area contributed by atoms with E-state index >= 15 is 0 Å². The molecule has 8 nitrogen and oxygen atoms in total. The third-order valence-electron chi connectivity index (χ3n) is 5.78. The highest BCUT2D eigenvalue weighted by Crippen LogP contribution is 2.27. The molecule has 1 amide bonds. The molecular weight excluding hydrogens is 440 g/mol. The van der Waals surface area contributed by atoms with E-state index in [-0.39, 0.29) is 17.6 Å². The second-order valence-corrected chi connectivity index (χ2v) is 11.0. The fraction of sp³-hybridized carbons (Fsp3) is 0.417. The number of anilines is 1. The monoisotopic (exact) mass is 470 g/mol. The van der Waals surface area contributed by atoms with E-state index in [1.54, 1.807) is 18.5 Å². The average molecular weight is 471 g/mol. The van der Waals surface area contributed by atoms with Crippen LogP contribution in [-0.2, 0) is 27.7 Å². The molecule has 0 spiro atoms. The van der Waals surface area contributed by atoms with E-state index in [9.17, 15) is 13.2 Å². The molecule has 0 saturated carbocycles. The number of hydrogen-bond donors (Lipinski definition) is 2. The quantitative estimate of drug-likeness (QED) is 0.551. The minimum atomic E-state index is -3.50. The maximum Gasteiger partial charge on any atom is 0.253 e. The van der Waals surface area contributed by atoms with E-state index in [0.29, 0.717) is 41.9 Å². The van der Waals surface area contributed by atoms with Gasteiger partial charge in [0, 0.05) is 19.2 Å². The summed E-state index contributed by atoms with van der Waals surface area (Å²) in [7, 11) is -3.50. The van der Waals surface area contributed by atoms with Crippen molar-refractivity contribution in [3.05, 3.63) is 59.9 Å². The Morgan fingerprint density at radius 2 is 2.00 bits per heavy atom. The Bertz CT molecular complexity index is 1250. The van der Waals surface area contributed by atoms with E-state index in [1.807, 2.05) is 36.6 Å². The lowest BCUT2D eigenvalue weighted by atomic mass is 9.93. The van der Waals surface area contributed by atoms with Crippen LogP contribution in [0.1, 0.15) is 42.6 Å². The van der Waals surface area contributed by atoms with E-state index < -0.39 is 10.0 Å². The molecule has 1 aromatic heterocycles. The normalized spacial score (nSPS) is 18.2. The molecule has 1 fully saturated rings. The molecule has 1 aliphatic heterocycles. The van der Waals surface area contributed by atoms with Gasteiger partial charge in [-0.25, -0.2) is 13.4 Å². The predicted octanol–water partition coefficient (Wildman–Crippen LogP) is 3.34. The predicted molar refractivity (Wildman–Crippen MR) is 129 cm³/mol. The Hall–Kier alpha value is -2.91. The summed E-state index contributed by atoms with van der Waals surface area (Å²) in [4.78, 5) is 17.9. The van der Waals surface area contributed by atoms with Gasteiger partial charge < -0.3 is 14.6 Å². The Kier molecular flexibility index (Phi) is 6.45. The van der Waals surface area contributed by atoms with Gasteiger partial charge in [0.2, 0.25) is 10.0 Å². The number of sulfonamides is 1. The van der Waals surface area contributed by atoms with E-state index in [2.05, 4.69) is 27.2 Å². The van der Waals surface area contributed by atoms with Crippen molar-refractivity contribution < 1.29 is 17.9 Å². The van der Waals surface area contributed by atoms with Gasteiger partial charge in [-0.1, -0.05) is 30.3 Å². The number of carbonyl (C=O) groups excluding carboxylic acids is 1. The van der Waals surface area contributed by atoms with Crippen molar-refractivity contribution in [3.63, 3.8) is 0 Å². The molecule has 2 N–H and O–H groups in total. The van der Waals surface area contributed by atoms with Crippen LogP contribution in [0.25, 0.3) is 11.0 Å². The molecule has 1 atom stereocenters. The highest BCUT2D eigenvalue weighted by atomic mass is 32.2. The van der Waals surface area contributed by atoms with Crippen molar-refractivity contribution in [1.29, 1.82) is 0 Å². The first kappa shape index (κ1) is 23.3. The van der Waals surface area contributed by atoms with E-state index in [0.717, 1.165) is 19.1 Å². The van der Waals surface area contributed by atoms with Crippen LogP contribution in [0.3, 0.4) is 0 Å². The molecule has 3 aromatic rings. The van der Waals surface area contributed by atoms with Gasteiger partial charge in [-0.15, -0.1) is 0 Å². The molecule has 2 aromatic carbocycles. The largest absolute Gasteiger partial charge is 0.375 e. The molecule has 0 aliphatic carbocycles. The number of hydrogen-bond acceptors (Lipinski definition) is 5. The van der Waals surface area contributed by atoms with Crippen molar-refractivity contribution >= 4 is 32.7 Å². The number of aryl methyl sites for hydroxylation is 2. The summed E-state index contributed by atoms with van der Waals surface area (Å²) in [6, 6.07) is 13.3. The highest BCUT2D eigenvalue weighted by Gasteiger charge is 2.30. The lowest BCUT2D eigenvalue weighted by molar-refractivity contribution is -0.0615. The standard InChI is InChI=1S/C24H30N4O4S/c1-24(2)15-18(10-12-32-24)26-23(29)20-13-19(27-33(3,30)31)14-21-22(20)28(16-25-21)11-9-17-7-5-4-6-8-17/h4-8,13-14,16,18,27H,9-12,15H2,1-3H3,(H,26,29)/t18-/m0/s1. The number of ether oxygens (including phenoxy) is 1. The number of nitrogens with zero attached hydrogens (tertiary/aromatic N) is 2. The second-order valence-electron chi connectivity index (χ2n) is 9.21. The van der Waals surface area contributed by atoms with Gasteiger partial charge >= 0.3 is 0 Å². The average Bonchev–Trinajstić information content (AvgIpc) is 3.13. The summed E-state index contributed by atoms with van der Waals surface area (Å²) < 4.78 is 33.8. The molecule has 1 saturated heterocycles. The molecule has 0 unspecified atom stereocenters. The topological polar surface area (TPSA) is 102 Å². The van der Waals surface area contributed by atoms with Crippen LogP contribution in [0.4, 0.5) is 5.69 Å². The number of imidazole rings is 1. The summed E-state index contributed by atoms with van der Waals surface area (Å²) >= 11 is 0. The van der Waals surface area contributed by atoms with Crippen LogP contribution < -0.4 is 10.0 Å². The summed E-state index contributed by atoms with van der Waals surface area (Å²) in [6.45, 7) is 5.25. The van der Waals surface area contributed by atoms with Crippen LogP contribution in [-0.4, -0.2) is 48.4 Å². The molecule has 2 heterocycles. The first-order valence-corrected chi connectivity index (χ1v) is 12.9. The number of fused-ring (bicyclic) bond motifs is 1. The summed E-state index contributed by atoms with van der Waals surface area (Å²) in [5.41, 5.74) is 2.85. The van der Waals surface area contributed by atoms with Gasteiger partial charge in [0.1, 0.15) is 0 Å². The van der Waals surface area contributed by atoms with Crippen LogP contribution >= 0.6 is 0 Å². The number of aromatic nitrogens is 2. The zero-order valence-electron chi connectivity index (χ0n) is 19.2. The molecule has 33 heavy (non-hydrogen) atoms. The van der Waals surface area contributed by atoms with E-state index in [1.165, 1.54) is 5.56 Å². The van der Waals surface area contributed by atoms with Crippen LogP contribution in [0.15, 0.2) is 48.8 Å². The first-order chi connectivity index (χ1) is 15.6. The summed E-state index contributed by atoms with van der Waals surface area (Å²) in [6.07, 6.45) is 5.00. The van der Waals surface area contributed by atoms with Gasteiger partial charge in [-0.3, -0.25) is 9.52 Å². The Morgan fingerprint density at radius 3 is 2.70 bits per heavy atom. The molecule has 9 heteroatoms. The smallest absolute Gasteiger partial charge is 0.253 e. The van der Waals surface area contributed by atoms with Gasteiger partial charge in [0.15, 0.2) is 0 Å². The number of nitrogens with one attached hydrogen (secondary N) is 2. The lowest BCUT2D eigenvalue weighted by Gasteiger charge is -2.35. The molecule has 176 valence electrons. The van der Waals surface area contributed by atoms with Crippen LogP contribution in [0.2, 0.25) is 0 Å². The fourth-order valence-corrected chi connectivity index (χ4v) is 4.88. The molecular formula is C24H30N4O4S. The molecule has 0 radical (unpaired) electrons. The Labute approximate surface area is 194 Å². The van der Waals surface area contributed by atoms with Crippen molar-refractivity contribution in [1.82, 2.24) is 14.9 Å². The second kappa shape index (κ2) is 9.15. The Morgan fingerprint density at radius 1 is 1.24 bits per heavy atom. The maximum absolute atomic E-state index is 13.4. The number of carbonyl (C=O) groups is 1. The SMILES string of the molecule is CC1(C)C[C@@H](NC(=O)c2cc(NS(C)(=O)=O)cc3ncn(CCc4ccccc4)c23)CCO1. The van der Waals surface area contributed by atoms with Gasteiger partial charge in [0.05, 0.1) is 40.5 Å². The lowest BCUT2D eigenvalue weighted by Crippen LogP contribution is -2.45. The zero-order chi connectivity index (χ0) is 23.6. The van der Waals surface area contributed by atoms with Crippen molar-refractivity contribution in [2.24, 2.45) is 0 Å². The third kappa shape index (κ3) is 5.91.